The van der Waals surface area contributed by atoms with E-state index in [-0.39, 0.29) is 16.3 Å². The van der Waals surface area contributed by atoms with Crippen LogP contribution in [0.15, 0.2) is 29.5 Å². The van der Waals surface area contributed by atoms with Gasteiger partial charge in [0.05, 0.1) is 18.0 Å². The zero-order valence-electron chi connectivity index (χ0n) is 11.7. The maximum absolute atomic E-state index is 6.17. The van der Waals surface area contributed by atoms with E-state index < -0.39 is 0 Å². The molecule has 0 amide bonds. The second kappa shape index (κ2) is 7.47. The average Bonchev–Trinajstić information content (AvgIpc) is 2.44. The van der Waals surface area contributed by atoms with Gasteiger partial charge in [0, 0.05) is 10.0 Å². The molecule has 0 saturated heterocycles. The van der Waals surface area contributed by atoms with Crippen molar-refractivity contribution in [3.63, 3.8) is 0 Å². The van der Waals surface area contributed by atoms with Crippen LogP contribution in [0.3, 0.4) is 0 Å². The van der Waals surface area contributed by atoms with E-state index in [1.165, 1.54) is 6.20 Å². The van der Waals surface area contributed by atoms with Gasteiger partial charge >= 0.3 is 0 Å². The van der Waals surface area contributed by atoms with Gasteiger partial charge in [-0.25, -0.2) is 9.97 Å². The molecule has 116 valence electrons. The quantitative estimate of drug-likeness (QED) is 0.590. The van der Waals surface area contributed by atoms with Gasteiger partial charge in [0.1, 0.15) is 10.8 Å². The topological polar surface area (TPSA) is 50.2 Å². The maximum atomic E-state index is 6.17. The van der Waals surface area contributed by atoms with E-state index >= 15 is 0 Å². The number of hydrogen-bond acceptors (Lipinski definition) is 4. The Morgan fingerprint density at radius 3 is 2.59 bits per heavy atom. The molecule has 1 aromatic carbocycles. The Hall–Kier alpha value is -1.07. The van der Waals surface area contributed by atoms with Crippen LogP contribution in [0.2, 0.25) is 20.4 Å². The van der Waals surface area contributed by atoms with E-state index in [1.54, 1.807) is 19.1 Å². The summed E-state index contributed by atoms with van der Waals surface area (Å²) in [6.45, 7) is 3.70. The molecule has 0 bridgehead atoms. The van der Waals surface area contributed by atoms with Crippen molar-refractivity contribution in [1.29, 1.82) is 0 Å². The van der Waals surface area contributed by atoms with E-state index in [1.807, 2.05) is 13.0 Å². The second-order valence-electron chi connectivity index (χ2n) is 4.55. The van der Waals surface area contributed by atoms with Gasteiger partial charge in [-0.05, 0) is 31.5 Å². The van der Waals surface area contributed by atoms with Gasteiger partial charge in [0.25, 0.3) is 0 Å². The number of nitrogens with one attached hydrogen (secondary N) is 1. The van der Waals surface area contributed by atoms with Crippen LogP contribution in [0.5, 0.6) is 0 Å². The minimum absolute atomic E-state index is 0.112. The predicted octanol–water partition coefficient (Wildman–Crippen LogP) is 5.17. The molecule has 22 heavy (non-hydrogen) atoms. The van der Waals surface area contributed by atoms with Crippen LogP contribution >= 0.6 is 46.4 Å². The second-order valence-corrected chi connectivity index (χ2v) is 6.13. The Balaban J connectivity index is 2.16. The Morgan fingerprint density at radius 1 is 1.23 bits per heavy atom. The molecule has 0 aliphatic rings. The average molecular weight is 378 g/mol. The number of halogens is 4. The highest BCUT2D eigenvalue weighted by Gasteiger charge is 2.11. The minimum atomic E-state index is -0.112. The van der Waals surface area contributed by atoms with E-state index in [2.05, 4.69) is 20.5 Å². The van der Waals surface area contributed by atoms with Crippen LogP contribution in [-0.2, 0) is 0 Å². The third-order valence-electron chi connectivity index (χ3n) is 2.90. The van der Waals surface area contributed by atoms with Gasteiger partial charge in [-0.15, -0.1) is 0 Å². The molecule has 0 aliphatic heterocycles. The standard InChI is InChI=1S/C14H12Cl4N4/c1-7(10-4-3-9(15)5-11(10)16)21-22-8(2)13-14(18)20-12(17)6-19-13/h3-7,21H,1-2H3/b22-8+/t7-/m1/s1. The summed E-state index contributed by atoms with van der Waals surface area (Å²) in [6, 6.07) is 5.20. The first kappa shape index (κ1) is 17.3. The first-order valence-electron chi connectivity index (χ1n) is 6.31. The molecule has 8 heteroatoms. The molecule has 0 radical (unpaired) electrons. The largest absolute Gasteiger partial charge is 0.302 e. The lowest BCUT2D eigenvalue weighted by atomic mass is 10.1. The van der Waals surface area contributed by atoms with Gasteiger partial charge in [-0.1, -0.05) is 52.5 Å². The summed E-state index contributed by atoms with van der Waals surface area (Å²) < 4.78 is 0. The lowest BCUT2D eigenvalue weighted by Crippen LogP contribution is -2.16. The summed E-state index contributed by atoms with van der Waals surface area (Å²) in [7, 11) is 0. The predicted molar refractivity (Wildman–Crippen MR) is 92.3 cm³/mol. The first-order valence-corrected chi connectivity index (χ1v) is 7.83. The Bertz CT molecular complexity index is 718. The number of benzene rings is 1. The fraction of sp³-hybridized carbons (Fsp3) is 0.214. The molecular formula is C14H12Cl4N4. The van der Waals surface area contributed by atoms with Crippen molar-refractivity contribution in [2.24, 2.45) is 5.10 Å². The third kappa shape index (κ3) is 4.23. The number of aromatic nitrogens is 2. The first-order chi connectivity index (χ1) is 10.4. The Morgan fingerprint density at radius 2 is 1.95 bits per heavy atom. The molecule has 2 rings (SSSR count). The summed E-state index contributed by atoms with van der Waals surface area (Å²) >= 11 is 23.8. The number of hydrazone groups is 1. The molecule has 0 fully saturated rings. The molecule has 0 spiro atoms. The molecule has 2 aromatic rings. The SMILES string of the molecule is C/C(=N\N[C@H](C)c1ccc(Cl)cc1Cl)c1ncc(Cl)nc1Cl. The summed E-state index contributed by atoms with van der Waals surface area (Å²) in [5.41, 5.74) is 4.94. The Kier molecular flexibility index (Phi) is 5.87. The van der Waals surface area contributed by atoms with Crippen LogP contribution in [0, 0.1) is 0 Å². The van der Waals surface area contributed by atoms with Crippen molar-refractivity contribution in [1.82, 2.24) is 15.4 Å². The van der Waals surface area contributed by atoms with Crippen molar-refractivity contribution < 1.29 is 0 Å². The lowest BCUT2D eigenvalue weighted by Gasteiger charge is -2.14. The van der Waals surface area contributed by atoms with E-state index in [0.717, 1.165) is 5.56 Å². The van der Waals surface area contributed by atoms with Crippen LogP contribution < -0.4 is 5.43 Å². The highest BCUT2D eigenvalue weighted by Crippen LogP contribution is 2.26. The van der Waals surface area contributed by atoms with Gasteiger partial charge in [-0.2, -0.15) is 5.10 Å². The van der Waals surface area contributed by atoms with E-state index in [0.29, 0.717) is 21.5 Å². The van der Waals surface area contributed by atoms with E-state index in [4.69, 9.17) is 46.4 Å². The summed E-state index contributed by atoms with van der Waals surface area (Å²) in [6.07, 6.45) is 1.42. The molecule has 4 nitrogen and oxygen atoms in total. The third-order valence-corrected chi connectivity index (χ3v) is 3.91. The molecule has 1 aromatic heterocycles. The van der Waals surface area contributed by atoms with Crippen molar-refractivity contribution in [2.45, 2.75) is 19.9 Å². The summed E-state index contributed by atoms with van der Waals surface area (Å²) in [5, 5.41) is 5.86. The number of rotatable bonds is 4. The van der Waals surface area contributed by atoms with Crippen molar-refractivity contribution in [3.8, 4) is 0 Å². The molecule has 1 atom stereocenters. The normalized spacial score (nSPS) is 13.1. The van der Waals surface area contributed by atoms with Crippen molar-refractivity contribution in [3.05, 3.63) is 56.0 Å². The monoisotopic (exact) mass is 376 g/mol. The fourth-order valence-corrected chi connectivity index (χ4v) is 2.78. The van der Waals surface area contributed by atoms with Crippen LogP contribution in [0.4, 0.5) is 0 Å². The minimum Gasteiger partial charge on any atom is -0.302 e. The van der Waals surface area contributed by atoms with Crippen molar-refractivity contribution >= 4 is 52.1 Å². The van der Waals surface area contributed by atoms with Gasteiger partial charge < -0.3 is 5.43 Å². The van der Waals surface area contributed by atoms with Gasteiger partial charge in [0.15, 0.2) is 5.15 Å². The zero-order chi connectivity index (χ0) is 16.3. The molecule has 1 heterocycles. The smallest absolute Gasteiger partial charge is 0.158 e. The fourth-order valence-electron chi connectivity index (χ4n) is 1.76. The van der Waals surface area contributed by atoms with Gasteiger partial charge in [0.2, 0.25) is 0 Å². The molecule has 1 N–H and O–H groups in total. The maximum Gasteiger partial charge on any atom is 0.158 e. The van der Waals surface area contributed by atoms with E-state index in [9.17, 15) is 0 Å². The van der Waals surface area contributed by atoms with Crippen LogP contribution in [0.1, 0.15) is 31.1 Å². The molecule has 0 saturated carbocycles. The molecule has 0 aliphatic carbocycles. The highest BCUT2D eigenvalue weighted by atomic mass is 35.5. The molecular weight excluding hydrogens is 366 g/mol. The zero-order valence-corrected chi connectivity index (χ0v) is 14.8. The highest BCUT2D eigenvalue weighted by molar-refractivity contribution is 6.35. The lowest BCUT2D eigenvalue weighted by molar-refractivity contribution is 0.605. The van der Waals surface area contributed by atoms with Gasteiger partial charge in [-0.3, -0.25) is 0 Å². The van der Waals surface area contributed by atoms with Crippen LogP contribution in [0.25, 0.3) is 0 Å². The summed E-state index contributed by atoms with van der Waals surface area (Å²) in [5.74, 6) is 0. The van der Waals surface area contributed by atoms with Crippen molar-refractivity contribution in [2.75, 3.05) is 0 Å². The summed E-state index contributed by atoms with van der Waals surface area (Å²) in [4.78, 5) is 8.04. The number of hydrogen-bond donors (Lipinski definition) is 1. The Labute approximate surface area is 148 Å². The molecule has 0 unspecified atom stereocenters. The number of nitrogens with zero attached hydrogens (tertiary/aromatic N) is 3. The van der Waals surface area contributed by atoms with Crippen LogP contribution in [-0.4, -0.2) is 15.7 Å².